The quantitative estimate of drug-likeness (QED) is 0.813. The Kier molecular flexibility index (Phi) is 4.21. The molecule has 1 atom stereocenters. The summed E-state index contributed by atoms with van der Waals surface area (Å²) in [5.41, 5.74) is 0. The molecule has 0 saturated carbocycles. The average molecular weight is 311 g/mol. The molecule has 0 aliphatic carbocycles. The van der Waals surface area contributed by atoms with Gasteiger partial charge in [0, 0.05) is 18.0 Å². The van der Waals surface area contributed by atoms with Crippen LogP contribution in [0.5, 0.6) is 0 Å². The number of hydrogen-bond donors (Lipinski definition) is 0. The molecule has 4 nitrogen and oxygen atoms in total. The zero-order valence-electron chi connectivity index (χ0n) is 11.8. The summed E-state index contributed by atoms with van der Waals surface area (Å²) < 4.78 is 0. The standard InChI is InChI=1S/C14H19ClN4S/c1-18(8-10-4-3-6-19(10)2)9-12-16-13(15)11-5-7-20-14(11)17-12/h5,7,10H,3-4,6,8-9H2,1-2H3. The van der Waals surface area contributed by atoms with Gasteiger partial charge in [0.1, 0.15) is 15.8 Å². The first kappa shape index (κ1) is 14.2. The highest BCUT2D eigenvalue weighted by Gasteiger charge is 2.22. The van der Waals surface area contributed by atoms with E-state index in [0.717, 1.165) is 29.1 Å². The number of aromatic nitrogens is 2. The molecular weight excluding hydrogens is 292 g/mol. The van der Waals surface area contributed by atoms with Gasteiger partial charge in [0.25, 0.3) is 0 Å². The Morgan fingerprint density at radius 3 is 3.10 bits per heavy atom. The predicted octanol–water partition coefficient (Wildman–Crippen LogP) is 2.87. The summed E-state index contributed by atoms with van der Waals surface area (Å²) in [7, 11) is 4.33. The molecule has 0 aromatic carbocycles. The molecule has 3 rings (SSSR count). The minimum atomic E-state index is 0.567. The van der Waals surface area contributed by atoms with Crippen molar-refractivity contribution in [2.45, 2.75) is 25.4 Å². The van der Waals surface area contributed by atoms with E-state index in [1.54, 1.807) is 11.3 Å². The first-order chi connectivity index (χ1) is 9.63. The second-order valence-corrected chi connectivity index (χ2v) is 6.80. The third-order valence-corrected chi connectivity index (χ3v) is 5.02. The second kappa shape index (κ2) is 5.93. The summed E-state index contributed by atoms with van der Waals surface area (Å²) in [4.78, 5) is 14.7. The van der Waals surface area contributed by atoms with Crippen molar-refractivity contribution in [1.29, 1.82) is 0 Å². The monoisotopic (exact) mass is 310 g/mol. The number of rotatable bonds is 4. The highest BCUT2D eigenvalue weighted by molar-refractivity contribution is 7.16. The van der Waals surface area contributed by atoms with Gasteiger partial charge in [-0.15, -0.1) is 11.3 Å². The highest BCUT2D eigenvalue weighted by Crippen LogP contribution is 2.25. The molecule has 1 unspecified atom stereocenters. The first-order valence-electron chi connectivity index (χ1n) is 6.92. The molecule has 0 spiro atoms. The maximum atomic E-state index is 6.21. The van der Waals surface area contributed by atoms with Gasteiger partial charge < -0.3 is 4.90 Å². The molecular formula is C14H19ClN4S. The van der Waals surface area contributed by atoms with Crippen molar-refractivity contribution in [2.75, 3.05) is 27.2 Å². The maximum Gasteiger partial charge on any atom is 0.145 e. The number of hydrogen-bond acceptors (Lipinski definition) is 5. The number of likely N-dealkylation sites (tertiary alicyclic amines) is 1. The van der Waals surface area contributed by atoms with Gasteiger partial charge in [-0.1, -0.05) is 11.6 Å². The summed E-state index contributed by atoms with van der Waals surface area (Å²) >= 11 is 7.82. The van der Waals surface area contributed by atoms with Crippen molar-refractivity contribution >= 4 is 33.2 Å². The summed E-state index contributed by atoms with van der Waals surface area (Å²) in [5.74, 6) is 0.813. The SMILES string of the molecule is CN(Cc1nc(Cl)c2ccsc2n1)CC1CCCN1C. The smallest absolute Gasteiger partial charge is 0.145 e. The van der Waals surface area contributed by atoms with Crippen LogP contribution in [0.1, 0.15) is 18.7 Å². The van der Waals surface area contributed by atoms with Gasteiger partial charge in [0.2, 0.25) is 0 Å². The van der Waals surface area contributed by atoms with Crippen molar-refractivity contribution < 1.29 is 0 Å². The molecule has 3 heterocycles. The molecule has 0 bridgehead atoms. The van der Waals surface area contributed by atoms with Crippen LogP contribution >= 0.6 is 22.9 Å². The van der Waals surface area contributed by atoms with E-state index < -0.39 is 0 Å². The lowest BCUT2D eigenvalue weighted by atomic mass is 10.2. The lowest BCUT2D eigenvalue weighted by molar-refractivity contribution is 0.213. The third-order valence-electron chi connectivity index (χ3n) is 3.93. The van der Waals surface area contributed by atoms with Gasteiger partial charge in [-0.3, -0.25) is 4.90 Å². The number of likely N-dealkylation sites (N-methyl/N-ethyl adjacent to an activating group) is 2. The lowest BCUT2D eigenvalue weighted by Crippen LogP contribution is -2.36. The number of halogens is 1. The van der Waals surface area contributed by atoms with E-state index in [2.05, 4.69) is 33.9 Å². The number of nitrogens with zero attached hydrogens (tertiary/aromatic N) is 4. The highest BCUT2D eigenvalue weighted by atomic mass is 35.5. The van der Waals surface area contributed by atoms with Crippen LogP contribution in [0, 0.1) is 0 Å². The van der Waals surface area contributed by atoms with Gasteiger partial charge in [0.15, 0.2) is 0 Å². The zero-order valence-corrected chi connectivity index (χ0v) is 13.4. The van der Waals surface area contributed by atoms with Gasteiger partial charge in [0.05, 0.1) is 6.54 Å². The molecule has 2 aromatic heterocycles. The Balaban J connectivity index is 1.69. The van der Waals surface area contributed by atoms with Crippen LogP contribution in [0.4, 0.5) is 0 Å². The Morgan fingerprint density at radius 1 is 1.50 bits per heavy atom. The van der Waals surface area contributed by atoms with Gasteiger partial charge in [-0.2, -0.15) is 0 Å². The van der Waals surface area contributed by atoms with Crippen molar-refractivity contribution in [3.05, 3.63) is 22.4 Å². The topological polar surface area (TPSA) is 32.3 Å². The van der Waals surface area contributed by atoms with E-state index in [9.17, 15) is 0 Å². The summed E-state index contributed by atoms with van der Waals surface area (Å²) in [5, 5.41) is 3.53. The lowest BCUT2D eigenvalue weighted by Gasteiger charge is -2.25. The summed E-state index contributed by atoms with van der Waals surface area (Å²) in [6.45, 7) is 3.01. The van der Waals surface area contributed by atoms with Crippen LogP contribution in [0.25, 0.3) is 10.2 Å². The van der Waals surface area contributed by atoms with E-state index >= 15 is 0 Å². The zero-order chi connectivity index (χ0) is 14.1. The molecule has 0 amide bonds. The Labute approximate surface area is 128 Å². The first-order valence-corrected chi connectivity index (χ1v) is 8.17. The van der Waals surface area contributed by atoms with Gasteiger partial charge in [-0.05, 0) is 44.9 Å². The molecule has 108 valence electrons. The van der Waals surface area contributed by atoms with Crippen LogP contribution in [0.2, 0.25) is 5.15 Å². The largest absolute Gasteiger partial charge is 0.302 e. The molecule has 1 fully saturated rings. The minimum absolute atomic E-state index is 0.567. The Bertz CT molecular complexity index is 600. The second-order valence-electron chi connectivity index (χ2n) is 5.54. The fraction of sp³-hybridized carbons (Fsp3) is 0.571. The van der Waals surface area contributed by atoms with Gasteiger partial charge in [-0.25, -0.2) is 9.97 Å². The third kappa shape index (κ3) is 2.96. The minimum Gasteiger partial charge on any atom is -0.302 e. The number of thiophene rings is 1. The molecule has 1 saturated heterocycles. The normalized spacial score (nSPS) is 20.3. The van der Waals surface area contributed by atoms with Crippen molar-refractivity contribution in [1.82, 2.24) is 19.8 Å². The van der Waals surface area contributed by atoms with Crippen LogP contribution in [0.15, 0.2) is 11.4 Å². The molecule has 6 heteroatoms. The van der Waals surface area contributed by atoms with Crippen molar-refractivity contribution in [3.63, 3.8) is 0 Å². The molecule has 1 aliphatic heterocycles. The van der Waals surface area contributed by atoms with E-state index in [0.29, 0.717) is 11.2 Å². The van der Waals surface area contributed by atoms with E-state index in [1.165, 1.54) is 19.4 Å². The summed E-state index contributed by atoms with van der Waals surface area (Å²) in [6, 6.07) is 2.63. The number of fused-ring (bicyclic) bond motifs is 1. The Morgan fingerprint density at radius 2 is 2.35 bits per heavy atom. The van der Waals surface area contributed by atoms with Gasteiger partial charge >= 0.3 is 0 Å². The molecule has 0 radical (unpaired) electrons. The van der Waals surface area contributed by atoms with Crippen LogP contribution in [-0.4, -0.2) is 53.0 Å². The fourth-order valence-corrected chi connectivity index (χ4v) is 3.90. The van der Waals surface area contributed by atoms with Crippen LogP contribution in [0.3, 0.4) is 0 Å². The predicted molar refractivity (Wildman–Crippen MR) is 84.4 cm³/mol. The fourth-order valence-electron chi connectivity index (χ4n) is 2.81. The summed E-state index contributed by atoms with van der Waals surface area (Å²) in [6.07, 6.45) is 2.59. The van der Waals surface area contributed by atoms with Crippen LogP contribution in [-0.2, 0) is 6.54 Å². The maximum absolute atomic E-state index is 6.21. The average Bonchev–Trinajstić information content (AvgIpc) is 2.99. The van der Waals surface area contributed by atoms with Crippen LogP contribution < -0.4 is 0 Å². The molecule has 0 N–H and O–H groups in total. The van der Waals surface area contributed by atoms with Crippen molar-refractivity contribution in [2.24, 2.45) is 0 Å². The molecule has 20 heavy (non-hydrogen) atoms. The molecule has 2 aromatic rings. The molecule has 1 aliphatic rings. The van der Waals surface area contributed by atoms with E-state index in [4.69, 9.17) is 11.6 Å². The Hall–Kier alpha value is -0.750. The van der Waals surface area contributed by atoms with E-state index in [1.807, 2.05) is 11.4 Å². The van der Waals surface area contributed by atoms with E-state index in [-0.39, 0.29) is 0 Å². The van der Waals surface area contributed by atoms with Crippen molar-refractivity contribution in [3.8, 4) is 0 Å².